The summed E-state index contributed by atoms with van der Waals surface area (Å²) >= 11 is 5.94. The lowest BCUT2D eigenvalue weighted by atomic mass is 10.1. The van der Waals surface area contributed by atoms with E-state index in [1.807, 2.05) is 12.1 Å². The minimum atomic E-state index is -0.422. The second kappa shape index (κ2) is 8.21. The molecule has 0 bridgehead atoms. The molecule has 26 heavy (non-hydrogen) atoms. The molecule has 0 saturated carbocycles. The minimum absolute atomic E-state index is 0.0799. The molecule has 0 atom stereocenters. The Kier molecular flexibility index (Phi) is 5.75. The van der Waals surface area contributed by atoms with Crippen LogP contribution >= 0.6 is 11.6 Å². The van der Waals surface area contributed by atoms with Crippen molar-refractivity contribution in [3.05, 3.63) is 52.5 Å². The maximum absolute atomic E-state index is 12.2. The van der Waals surface area contributed by atoms with Gasteiger partial charge in [0.1, 0.15) is 5.75 Å². The zero-order chi connectivity index (χ0) is 18.5. The summed E-state index contributed by atoms with van der Waals surface area (Å²) in [4.78, 5) is 18.6. The summed E-state index contributed by atoms with van der Waals surface area (Å²) in [5.74, 6) is -0.342. The molecule has 0 amide bonds. The van der Waals surface area contributed by atoms with Gasteiger partial charge in [0.25, 0.3) is 0 Å². The number of phenols is 1. The Morgan fingerprint density at radius 2 is 2.04 bits per heavy atom. The van der Waals surface area contributed by atoms with Crippen molar-refractivity contribution in [1.82, 2.24) is 0 Å². The summed E-state index contributed by atoms with van der Waals surface area (Å²) in [5.41, 5.74) is 2.31. The molecule has 0 radical (unpaired) electrons. The predicted molar refractivity (Wildman–Crippen MR) is 101 cm³/mol. The zero-order valence-electron chi connectivity index (χ0n) is 14.3. The van der Waals surface area contributed by atoms with Crippen molar-refractivity contribution in [1.29, 1.82) is 0 Å². The van der Waals surface area contributed by atoms with Gasteiger partial charge in [0, 0.05) is 29.9 Å². The summed E-state index contributed by atoms with van der Waals surface area (Å²) in [6.45, 7) is 2.66. The molecule has 1 aliphatic heterocycles. The van der Waals surface area contributed by atoms with E-state index in [1.54, 1.807) is 18.2 Å². The quantitative estimate of drug-likeness (QED) is 0.655. The third-order valence-corrected chi connectivity index (χ3v) is 4.31. The molecule has 1 saturated heterocycles. The van der Waals surface area contributed by atoms with Crippen molar-refractivity contribution in [2.75, 3.05) is 38.3 Å². The molecule has 0 aliphatic carbocycles. The van der Waals surface area contributed by atoms with Crippen molar-refractivity contribution < 1.29 is 19.4 Å². The normalized spacial score (nSPS) is 14.6. The Hall–Kier alpha value is -2.57. The molecule has 6 nitrogen and oxygen atoms in total. The lowest BCUT2D eigenvalue weighted by molar-refractivity contribution is 0.0600. The van der Waals surface area contributed by atoms with Gasteiger partial charge in [0.2, 0.25) is 0 Å². The van der Waals surface area contributed by atoms with E-state index in [0.29, 0.717) is 48.1 Å². The van der Waals surface area contributed by atoms with Gasteiger partial charge in [-0.15, -0.1) is 0 Å². The highest BCUT2D eigenvalue weighted by atomic mass is 35.5. The topological polar surface area (TPSA) is 71.4 Å². The fraction of sp³-hybridized carbons (Fsp3) is 0.263. The third kappa shape index (κ3) is 4.15. The molecule has 1 N–H and O–H groups in total. The number of rotatable bonds is 4. The standard InChI is InChI=1S/C19H19ClN2O4/c1-25-19(24)16-11-15(3-4-17(16)22-6-8-26-9-7-22)21-12-13-10-14(20)2-5-18(13)23/h2-5,10-12,23H,6-9H2,1H3. The number of anilines is 1. The van der Waals surface area contributed by atoms with Crippen LogP contribution in [0.25, 0.3) is 0 Å². The molecule has 2 aromatic carbocycles. The number of halogens is 1. The first-order valence-corrected chi connectivity index (χ1v) is 8.54. The molecule has 0 aromatic heterocycles. The number of carbonyl (C=O) groups excluding carboxylic acids is 1. The second-order valence-electron chi connectivity index (χ2n) is 5.75. The number of methoxy groups -OCH3 is 1. The molecule has 1 fully saturated rings. The zero-order valence-corrected chi connectivity index (χ0v) is 15.1. The molecule has 0 unspecified atom stereocenters. The maximum Gasteiger partial charge on any atom is 0.340 e. The van der Waals surface area contributed by atoms with Crippen LogP contribution in [0.15, 0.2) is 41.4 Å². The summed E-state index contributed by atoms with van der Waals surface area (Å²) in [7, 11) is 1.35. The van der Waals surface area contributed by atoms with Gasteiger partial charge in [0.15, 0.2) is 0 Å². The predicted octanol–water partition coefficient (Wildman–Crippen LogP) is 3.42. The summed E-state index contributed by atoms with van der Waals surface area (Å²) in [6.07, 6.45) is 1.51. The molecule has 2 aromatic rings. The van der Waals surface area contributed by atoms with Gasteiger partial charge in [-0.3, -0.25) is 4.99 Å². The fourth-order valence-electron chi connectivity index (χ4n) is 2.73. The average molecular weight is 375 g/mol. The van der Waals surface area contributed by atoms with Crippen LogP contribution in [0.2, 0.25) is 5.02 Å². The maximum atomic E-state index is 12.2. The van der Waals surface area contributed by atoms with Gasteiger partial charge >= 0.3 is 5.97 Å². The van der Waals surface area contributed by atoms with Crippen molar-refractivity contribution in [3.8, 4) is 5.75 Å². The van der Waals surface area contributed by atoms with Gasteiger partial charge in [0.05, 0.1) is 37.3 Å². The Bertz CT molecular complexity index is 832. The first-order valence-electron chi connectivity index (χ1n) is 8.16. The van der Waals surface area contributed by atoms with E-state index in [-0.39, 0.29) is 5.75 Å². The van der Waals surface area contributed by atoms with Crippen LogP contribution in [0.1, 0.15) is 15.9 Å². The fourth-order valence-corrected chi connectivity index (χ4v) is 2.91. The Balaban J connectivity index is 1.92. The van der Waals surface area contributed by atoms with Crippen molar-refractivity contribution >= 4 is 35.2 Å². The number of phenolic OH excluding ortho intramolecular Hbond substituents is 1. The minimum Gasteiger partial charge on any atom is -0.507 e. The highest BCUT2D eigenvalue weighted by Crippen LogP contribution is 2.28. The van der Waals surface area contributed by atoms with Crippen LogP contribution in [0.5, 0.6) is 5.75 Å². The number of aliphatic imine (C=N–C) groups is 1. The van der Waals surface area contributed by atoms with Crippen molar-refractivity contribution in [2.24, 2.45) is 4.99 Å². The molecular weight excluding hydrogens is 356 g/mol. The number of esters is 1. The van der Waals surface area contributed by atoms with Crippen LogP contribution in [-0.4, -0.2) is 50.7 Å². The summed E-state index contributed by atoms with van der Waals surface area (Å²) in [5, 5.41) is 10.4. The van der Waals surface area contributed by atoms with Gasteiger partial charge in [-0.1, -0.05) is 11.6 Å². The van der Waals surface area contributed by atoms with Crippen LogP contribution < -0.4 is 4.90 Å². The summed E-state index contributed by atoms with van der Waals surface area (Å²) < 4.78 is 10.3. The largest absolute Gasteiger partial charge is 0.507 e. The number of hydrogen-bond donors (Lipinski definition) is 1. The van der Waals surface area contributed by atoms with E-state index < -0.39 is 5.97 Å². The van der Waals surface area contributed by atoms with Gasteiger partial charge < -0.3 is 19.5 Å². The van der Waals surface area contributed by atoms with Crippen LogP contribution in [-0.2, 0) is 9.47 Å². The number of aromatic hydroxyl groups is 1. The number of nitrogens with zero attached hydrogens (tertiary/aromatic N) is 2. The molecule has 1 heterocycles. The lowest BCUT2D eigenvalue weighted by Crippen LogP contribution is -2.37. The van der Waals surface area contributed by atoms with Gasteiger partial charge in [-0.25, -0.2) is 4.79 Å². The first-order chi connectivity index (χ1) is 12.6. The molecule has 0 spiro atoms. The SMILES string of the molecule is COC(=O)c1cc(N=Cc2cc(Cl)ccc2O)ccc1N1CCOCC1. The number of morpholine rings is 1. The van der Waals surface area contributed by atoms with Crippen LogP contribution in [0, 0.1) is 0 Å². The molecule has 3 rings (SSSR count). The Morgan fingerprint density at radius 1 is 1.27 bits per heavy atom. The Labute approximate surface area is 156 Å². The van der Waals surface area contributed by atoms with Gasteiger partial charge in [-0.05, 0) is 36.4 Å². The number of ether oxygens (including phenoxy) is 2. The lowest BCUT2D eigenvalue weighted by Gasteiger charge is -2.30. The Morgan fingerprint density at radius 3 is 2.77 bits per heavy atom. The highest BCUT2D eigenvalue weighted by molar-refractivity contribution is 6.30. The van der Waals surface area contributed by atoms with E-state index >= 15 is 0 Å². The van der Waals surface area contributed by atoms with E-state index in [0.717, 1.165) is 5.69 Å². The number of hydrogen-bond acceptors (Lipinski definition) is 6. The van der Waals surface area contributed by atoms with Crippen LogP contribution in [0.3, 0.4) is 0 Å². The third-order valence-electron chi connectivity index (χ3n) is 4.08. The van der Waals surface area contributed by atoms with Crippen LogP contribution in [0.4, 0.5) is 11.4 Å². The number of carbonyl (C=O) groups is 1. The first kappa shape index (κ1) is 18.2. The van der Waals surface area contributed by atoms with Gasteiger partial charge in [-0.2, -0.15) is 0 Å². The van der Waals surface area contributed by atoms with Crippen molar-refractivity contribution in [2.45, 2.75) is 0 Å². The monoisotopic (exact) mass is 374 g/mol. The summed E-state index contributed by atoms with van der Waals surface area (Å²) in [6, 6.07) is 10.1. The molecule has 136 valence electrons. The van der Waals surface area contributed by atoms with E-state index in [2.05, 4.69) is 9.89 Å². The highest BCUT2D eigenvalue weighted by Gasteiger charge is 2.19. The molecule has 1 aliphatic rings. The van der Waals surface area contributed by atoms with E-state index in [9.17, 15) is 9.90 Å². The second-order valence-corrected chi connectivity index (χ2v) is 6.19. The molecule has 7 heteroatoms. The molecular formula is C19H19ClN2O4. The van der Waals surface area contributed by atoms with E-state index in [4.69, 9.17) is 21.1 Å². The van der Waals surface area contributed by atoms with E-state index in [1.165, 1.54) is 19.4 Å². The smallest absolute Gasteiger partial charge is 0.340 e. The number of benzene rings is 2. The average Bonchev–Trinajstić information content (AvgIpc) is 2.68. The van der Waals surface area contributed by atoms with Crippen molar-refractivity contribution in [3.63, 3.8) is 0 Å².